The summed E-state index contributed by atoms with van der Waals surface area (Å²) < 4.78 is 0. The molecule has 1 nitrogen and oxygen atoms in total. The molecule has 0 radical (unpaired) electrons. The van der Waals surface area contributed by atoms with Gasteiger partial charge in [-0.05, 0) is 110 Å². The first kappa shape index (κ1) is 38.1. The zero-order valence-corrected chi connectivity index (χ0v) is 35.7. The molecule has 11 aromatic carbocycles. The Morgan fingerprint density at radius 2 is 0.887 bits per heavy atom. The average Bonchev–Trinajstić information content (AvgIpc) is 3.34. The summed E-state index contributed by atoms with van der Waals surface area (Å²) in [6, 6.07) is 73.3. The maximum absolute atomic E-state index is 2.60. The predicted molar refractivity (Wildman–Crippen MR) is 272 cm³/mol. The van der Waals surface area contributed by atoms with Crippen LogP contribution in [0, 0.1) is 0 Å². The number of hydrogen-bond acceptors (Lipinski definition) is 1. The van der Waals surface area contributed by atoms with E-state index in [-0.39, 0.29) is 6.71 Å². The van der Waals surface area contributed by atoms with Gasteiger partial charge in [0, 0.05) is 21.8 Å². The summed E-state index contributed by atoms with van der Waals surface area (Å²) in [5.74, 6) is 0. The van der Waals surface area contributed by atoms with Crippen LogP contribution >= 0.6 is 0 Å². The Hall–Kier alpha value is -6.90. The van der Waals surface area contributed by atoms with Crippen molar-refractivity contribution in [2.75, 3.05) is 4.90 Å². The predicted octanol–water partition coefficient (Wildman–Crippen LogP) is 14.7. The minimum Gasteiger partial charge on any atom is -0.309 e. The Kier molecular flexibility index (Phi) is 9.93. The van der Waals surface area contributed by atoms with Gasteiger partial charge in [0.2, 0.25) is 6.71 Å². The van der Waals surface area contributed by atoms with Crippen LogP contribution < -0.4 is 21.3 Å². The molecule has 0 saturated heterocycles. The number of benzene rings is 11. The molecule has 0 spiro atoms. The second-order valence-corrected chi connectivity index (χ2v) is 17.2. The van der Waals surface area contributed by atoms with Crippen LogP contribution in [0.15, 0.2) is 194 Å². The van der Waals surface area contributed by atoms with Gasteiger partial charge in [-0.25, -0.2) is 0 Å². The first-order valence-electron chi connectivity index (χ1n) is 22.8. The molecule has 0 aliphatic rings. The molecule has 298 valence electrons. The van der Waals surface area contributed by atoms with E-state index in [4.69, 9.17) is 0 Å². The smallest absolute Gasteiger partial charge is 0.242 e. The Morgan fingerprint density at radius 3 is 1.55 bits per heavy atom. The van der Waals surface area contributed by atoms with Crippen LogP contribution in [-0.2, 0) is 12.8 Å². The molecule has 0 N–H and O–H groups in total. The number of nitrogens with zero attached hydrogens (tertiary/aromatic N) is 1. The highest BCUT2D eigenvalue weighted by Gasteiger charge is 2.30. The quantitative estimate of drug-likeness (QED) is 0.0676. The standard InChI is InChI=1S/C60H50BN/c1-3-5-22-42-40-56(62(46-29-14-9-15-30-46)55-39-41-24-16-17-31-47(41)49-32-18-19-33-50(49)55)58-52-35-21-20-34-51(52)57-43(23-6-4-2)38-54(53-37-36-48(42)59(58)60(53)57)61(44-25-10-7-11-26-44)45-27-12-8-13-28-45/h7-21,24-40H,3-6,22-23H2,1-2H3. The maximum atomic E-state index is 2.60. The Balaban J connectivity index is 1.34. The highest BCUT2D eigenvalue weighted by molar-refractivity contribution is 6.97. The number of anilines is 3. The van der Waals surface area contributed by atoms with Gasteiger partial charge < -0.3 is 4.90 Å². The SMILES string of the molecule is CCCCc1cc(N(c2ccccc2)c2cc3ccccc3c3ccccc23)c2c3ccccc3c3c(CCCC)cc(B(c4ccccc4)c4ccccc4)c4ccc1c2c43. The highest BCUT2D eigenvalue weighted by atomic mass is 15.1. The van der Waals surface area contributed by atoms with E-state index in [2.05, 4.69) is 213 Å². The fourth-order valence-corrected chi connectivity index (χ4v) is 10.7. The van der Waals surface area contributed by atoms with Crippen molar-refractivity contribution >= 4 is 105 Å². The first-order chi connectivity index (χ1) is 30.7. The van der Waals surface area contributed by atoms with Gasteiger partial charge in [0.15, 0.2) is 0 Å². The van der Waals surface area contributed by atoms with Crippen LogP contribution in [-0.4, -0.2) is 6.71 Å². The van der Waals surface area contributed by atoms with E-state index < -0.39 is 0 Å². The van der Waals surface area contributed by atoms with E-state index in [1.807, 2.05) is 0 Å². The van der Waals surface area contributed by atoms with Gasteiger partial charge in [-0.1, -0.05) is 213 Å². The van der Waals surface area contributed by atoms with Crippen molar-refractivity contribution in [3.63, 3.8) is 0 Å². The molecule has 0 aliphatic carbocycles. The fraction of sp³-hybridized carbons (Fsp3) is 0.133. The molecule has 0 atom stereocenters. The van der Waals surface area contributed by atoms with Crippen LogP contribution in [0.3, 0.4) is 0 Å². The van der Waals surface area contributed by atoms with Gasteiger partial charge in [0.25, 0.3) is 0 Å². The summed E-state index contributed by atoms with van der Waals surface area (Å²) in [7, 11) is 0. The fourth-order valence-electron chi connectivity index (χ4n) is 10.7. The Morgan fingerprint density at radius 1 is 0.371 bits per heavy atom. The lowest BCUT2D eigenvalue weighted by molar-refractivity contribution is 0.799. The number of hydrogen-bond donors (Lipinski definition) is 0. The number of aryl methyl sites for hydroxylation is 2. The Bertz CT molecular complexity index is 3330. The monoisotopic (exact) mass is 795 g/mol. The van der Waals surface area contributed by atoms with Gasteiger partial charge in [-0.2, -0.15) is 0 Å². The van der Waals surface area contributed by atoms with Crippen LogP contribution in [0.2, 0.25) is 0 Å². The zero-order chi connectivity index (χ0) is 41.6. The molecule has 0 bridgehead atoms. The minimum absolute atomic E-state index is 0.0809. The second-order valence-electron chi connectivity index (χ2n) is 17.2. The summed E-state index contributed by atoms with van der Waals surface area (Å²) in [6.07, 6.45) is 6.61. The summed E-state index contributed by atoms with van der Waals surface area (Å²) in [4.78, 5) is 2.60. The van der Waals surface area contributed by atoms with Crippen LogP contribution in [0.25, 0.3) is 64.6 Å². The van der Waals surface area contributed by atoms with Gasteiger partial charge in [0.05, 0.1) is 11.4 Å². The molecular formula is C60H50BN. The van der Waals surface area contributed by atoms with Crippen molar-refractivity contribution in [3.8, 4) is 0 Å². The maximum Gasteiger partial charge on any atom is 0.242 e. The van der Waals surface area contributed by atoms with Crippen molar-refractivity contribution in [2.24, 2.45) is 0 Å². The lowest BCUT2D eigenvalue weighted by Crippen LogP contribution is -2.52. The summed E-state index contributed by atoms with van der Waals surface area (Å²) in [5, 5.41) is 16.0. The molecule has 11 aromatic rings. The second kappa shape index (κ2) is 16.2. The topological polar surface area (TPSA) is 3.24 Å². The molecule has 0 saturated carbocycles. The van der Waals surface area contributed by atoms with Crippen molar-refractivity contribution in [1.29, 1.82) is 0 Å². The molecular weight excluding hydrogens is 745 g/mol. The molecule has 0 aromatic heterocycles. The van der Waals surface area contributed by atoms with E-state index >= 15 is 0 Å². The largest absolute Gasteiger partial charge is 0.309 e. The molecule has 0 fully saturated rings. The van der Waals surface area contributed by atoms with Crippen molar-refractivity contribution in [2.45, 2.75) is 52.4 Å². The van der Waals surface area contributed by atoms with Gasteiger partial charge in [0.1, 0.15) is 0 Å². The van der Waals surface area contributed by atoms with Gasteiger partial charge in [-0.15, -0.1) is 0 Å². The van der Waals surface area contributed by atoms with E-state index in [1.165, 1.54) is 104 Å². The minimum atomic E-state index is 0.0809. The third kappa shape index (κ3) is 6.31. The van der Waals surface area contributed by atoms with Crippen LogP contribution in [0.1, 0.15) is 50.7 Å². The van der Waals surface area contributed by atoms with E-state index in [0.717, 1.165) is 44.2 Å². The Labute approximate surface area is 365 Å². The van der Waals surface area contributed by atoms with E-state index in [9.17, 15) is 0 Å². The van der Waals surface area contributed by atoms with Gasteiger partial charge >= 0.3 is 0 Å². The molecule has 11 rings (SSSR count). The van der Waals surface area contributed by atoms with Crippen molar-refractivity contribution < 1.29 is 0 Å². The molecule has 0 aliphatic heterocycles. The molecule has 0 unspecified atom stereocenters. The third-order valence-electron chi connectivity index (χ3n) is 13.5. The van der Waals surface area contributed by atoms with Crippen LogP contribution in [0.4, 0.5) is 17.1 Å². The average molecular weight is 796 g/mol. The molecule has 0 amide bonds. The van der Waals surface area contributed by atoms with E-state index in [0.29, 0.717) is 0 Å². The first-order valence-corrected chi connectivity index (χ1v) is 22.8. The van der Waals surface area contributed by atoms with Crippen molar-refractivity contribution in [3.05, 3.63) is 205 Å². The zero-order valence-electron chi connectivity index (χ0n) is 35.7. The number of rotatable bonds is 12. The summed E-state index contributed by atoms with van der Waals surface area (Å²) >= 11 is 0. The number of para-hydroxylation sites is 1. The van der Waals surface area contributed by atoms with Crippen LogP contribution in [0.5, 0.6) is 0 Å². The summed E-state index contributed by atoms with van der Waals surface area (Å²) in [6.45, 7) is 4.73. The van der Waals surface area contributed by atoms with E-state index in [1.54, 1.807) is 0 Å². The highest BCUT2D eigenvalue weighted by Crippen LogP contribution is 2.51. The lowest BCUT2D eigenvalue weighted by atomic mass is 9.36. The molecule has 62 heavy (non-hydrogen) atoms. The van der Waals surface area contributed by atoms with Gasteiger partial charge in [-0.3, -0.25) is 0 Å². The summed E-state index contributed by atoms with van der Waals surface area (Å²) in [5.41, 5.74) is 10.5. The van der Waals surface area contributed by atoms with Crippen molar-refractivity contribution in [1.82, 2.24) is 0 Å². The molecule has 0 heterocycles. The number of fused-ring (bicyclic) bond motifs is 6. The third-order valence-corrected chi connectivity index (χ3v) is 13.5. The number of unbranched alkanes of at least 4 members (excludes halogenated alkanes) is 2. The lowest BCUT2D eigenvalue weighted by Gasteiger charge is -2.31. The molecule has 2 heteroatoms. The normalized spacial score (nSPS) is 11.8.